The zero-order chi connectivity index (χ0) is 15.1. The molecule has 2 atom stereocenters. The third-order valence-corrected chi connectivity index (χ3v) is 2.60. The average molecular weight is 280 g/mol. The molecule has 0 bridgehead atoms. The molecular formula is C14H20N2O4. The van der Waals surface area contributed by atoms with E-state index in [9.17, 15) is 14.7 Å². The van der Waals surface area contributed by atoms with E-state index in [0.29, 0.717) is 17.9 Å². The molecule has 1 aromatic carbocycles. The van der Waals surface area contributed by atoms with E-state index >= 15 is 0 Å². The summed E-state index contributed by atoms with van der Waals surface area (Å²) in [6, 6.07) is 6.27. The summed E-state index contributed by atoms with van der Waals surface area (Å²) in [7, 11) is 0. The molecular weight excluding hydrogens is 260 g/mol. The quantitative estimate of drug-likeness (QED) is 0.759. The highest BCUT2D eigenvalue weighted by Crippen LogP contribution is 2.19. The third kappa shape index (κ3) is 4.89. The molecule has 6 nitrogen and oxygen atoms in total. The molecule has 0 aliphatic heterocycles. The van der Waals surface area contributed by atoms with Crippen LogP contribution in [0.15, 0.2) is 24.3 Å². The van der Waals surface area contributed by atoms with E-state index in [-0.39, 0.29) is 0 Å². The molecule has 1 unspecified atom stereocenters. The van der Waals surface area contributed by atoms with E-state index in [1.807, 2.05) is 0 Å². The van der Waals surface area contributed by atoms with Crippen LogP contribution in [0.1, 0.15) is 32.4 Å². The van der Waals surface area contributed by atoms with Gasteiger partial charge in [-0.05, 0) is 38.5 Å². The van der Waals surface area contributed by atoms with Crippen molar-refractivity contribution in [2.24, 2.45) is 0 Å². The molecule has 20 heavy (non-hydrogen) atoms. The van der Waals surface area contributed by atoms with Crippen molar-refractivity contribution in [3.63, 3.8) is 0 Å². The number of imide groups is 1. The number of benzene rings is 1. The standard InChI is InChI=1S/C14H20N2O4/c1-4-15-14(19)16-13(18)10(3)20-12-7-5-6-11(8-12)9(2)17/h5-10,17H,4H2,1-3H3,(H2,15,16,18,19)/t9-,10?/m1/s1. The number of hydrogen-bond acceptors (Lipinski definition) is 4. The van der Waals surface area contributed by atoms with Crippen LogP contribution in [-0.2, 0) is 4.79 Å². The molecule has 1 rings (SSSR count). The molecule has 3 N–H and O–H groups in total. The van der Waals surface area contributed by atoms with Gasteiger partial charge in [-0.25, -0.2) is 4.79 Å². The van der Waals surface area contributed by atoms with Gasteiger partial charge in [0.1, 0.15) is 5.75 Å². The number of aliphatic hydroxyl groups is 1. The van der Waals surface area contributed by atoms with Gasteiger partial charge in [-0.2, -0.15) is 0 Å². The summed E-state index contributed by atoms with van der Waals surface area (Å²) in [5.41, 5.74) is 0.693. The highest BCUT2D eigenvalue weighted by molar-refractivity contribution is 5.96. The van der Waals surface area contributed by atoms with E-state index in [1.165, 1.54) is 0 Å². The number of amides is 3. The lowest BCUT2D eigenvalue weighted by Gasteiger charge is -2.15. The smallest absolute Gasteiger partial charge is 0.321 e. The zero-order valence-corrected chi connectivity index (χ0v) is 11.8. The maximum Gasteiger partial charge on any atom is 0.321 e. The molecule has 0 heterocycles. The van der Waals surface area contributed by atoms with Gasteiger partial charge < -0.3 is 15.2 Å². The second kappa shape index (κ2) is 7.49. The first-order valence-electron chi connectivity index (χ1n) is 6.47. The number of hydrogen-bond donors (Lipinski definition) is 3. The number of ether oxygens (including phenoxy) is 1. The summed E-state index contributed by atoms with van der Waals surface area (Å²) >= 11 is 0. The van der Waals surface area contributed by atoms with Crippen LogP contribution < -0.4 is 15.4 Å². The van der Waals surface area contributed by atoms with Crippen LogP contribution in [0.3, 0.4) is 0 Å². The van der Waals surface area contributed by atoms with Crippen molar-refractivity contribution in [2.75, 3.05) is 6.54 Å². The predicted octanol–water partition coefficient (Wildman–Crippen LogP) is 1.35. The van der Waals surface area contributed by atoms with Crippen molar-refractivity contribution < 1.29 is 19.4 Å². The third-order valence-electron chi connectivity index (χ3n) is 2.60. The van der Waals surface area contributed by atoms with Crippen LogP contribution in [-0.4, -0.2) is 29.7 Å². The Morgan fingerprint density at radius 1 is 1.35 bits per heavy atom. The topological polar surface area (TPSA) is 87.7 Å². The van der Waals surface area contributed by atoms with Gasteiger partial charge in [0.2, 0.25) is 0 Å². The molecule has 0 fully saturated rings. The summed E-state index contributed by atoms with van der Waals surface area (Å²) in [6.07, 6.45) is -1.43. The van der Waals surface area contributed by atoms with Crippen molar-refractivity contribution in [1.82, 2.24) is 10.6 Å². The predicted molar refractivity (Wildman–Crippen MR) is 74.4 cm³/mol. The molecule has 0 radical (unpaired) electrons. The largest absolute Gasteiger partial charge is 0.481 e. The van der Waals surface area contributed by atoms with E-state index in [2.05, 4.69) is 10.6 Å². The number of carbonyl (C=O) groups excluding carboxylic acids is 2. The van der Waals surface area contributed by atoms with E-state index in [1.54, 1.807) is 45.0 Å². The Kier molecular flexibility index (Phi) is 5.99. The summed E-state index contributed by atoms with van der Waals surface area (Å²) in [5.74, 6) is -0.0691. The minimum absolute atomic E-state index is 0.435. The molecule has 0 aliphatic rings. The number of nitrogens with one attached hydrogen (secondary N) is 2. The molecule has 110 valence electrons. The zero-order valence-electron chi connectivity index (χ0n) is 11.8. The minimum Gasteiger partial charge on any atom is -0.481 e. The number of aliphatic hydroxyl groups excluding tert-OH is 1. The first-order valence-corrected chi connectivity index (χ1v) is 6.47. The Labute approximate surface area is 118 Å². The highest BCUT2D eigenvalue weighted by atomic mass is 16.5. The lowest BCUT2D eigenvalue weighted by Crippen LogP contribution is -2.45. The molecule has 3 amide bonds. The van der Waals surface area contributed by atoms with Crippen molar-refractivity contribution in [3.8, 4) is 5.75 Å². The van der Waals surface area contributed by atoms with Gasteiger partial charge in [-0.15, -0.1) is 0 Å². The molecule has 1 aromatic rings. The van der Waals surface area contributed by atoms with Crippen LogP contribution in [0.5, 0.6) is 5.75 Å². The molecule has 0 saturated carbocycles. The Hall–Kier alpha value is -2.08. The van der Waals surface area contributed by atoms with Gasteiger partial charge in [0.25, 0.3) is 5.91 Å². The summed E-state index contributed by atoms with van der Waals surface area (Å²) < 4.78 is 5.44. The van der Waals surface area contributed by atoms with E-state index < -0.39 is 24.1 Å². The second-order valence-corrected chi connectivity index (χ2v) is 4.36. The van der Waals surface area contributed by atoms with Crippen LogP contribution in [0.25, 0.3) is 0 Å². The van der Waals surface area contributed by atoms with Gasteiger partial charge in [0, 0.05) is 6.54 Å². The monoisotopic (exact) mass is 280 g/mol. The second-order valence-electron chi connectivity index (χ2n) is 4.36. The van der Waals surface area contributed by atoms with Gasteiger partial charge in [-0.1, -0.05) is 12.1 Å². The van der Waals surface area contributed by atoms with Crippen molar-refractivity contribution in [2.45, 2.75) is 33.0 Å². The number of urea groups is 1. The first kappa shape index (κ1) is 16.0. The van der Waals surface area contributed by atoms with Crippen molar-refractivity contribution >= 4 is 11.9 Å². The molecule has 0 aliphatic carbocycles. The first-order chi connectivity index (χ1) is 9.43. The minimum atomic E-state index is -0.818. The Balaban J connectivity index is 2.61. The van der Waals surface area contributed by atoms with Crippen LogP contribution in [0.2, 0.25) is 0 Å². The van der Waals surface area contributed by atoms with Gasteiger partial charge in [-0.3, -0.25) is 10.1 Å². The lowest BCUT2D eigenvalue weighted by atomic mass is 10.1. The highest BCUT2D eigenvalue weighted by Gasteiger charge is 2.17. The summed E-state index contributed by atoms with van der Waals surface area (Å²) in [4.78, 5) is 22.9. The molecule has 0 saturated heterocycles. The van der Waals surface area contributed by atoms with Gasteiger partial charge in [0.05, 0.1) is 6.10 Å². The average Bonchev–Trinajstić information content (AvgIpc) is 2.39. The normalized spacial score (nSPS) is 13.2. The Morgan fingerprint density at radius 3 is 2.65 bits per heavy atom. The van der Waals surface area contributed by atoms with Gasteiger partial charge in [0.15, 0.2) is 6.10 Å². The maximum atomic E-state index is 11.7. The van der Waals surface area contributed by atoms with Gasteiger partial charge >= 0.3 is 6.03 Å². The Bertz CT molecular complexity index is 474. The van der Waals surface area contributed by atoms with Crippen molar-refractivity contribution in [1.29, 1.82) is 0 Å². The van der Waals surface area contributed by atoms with Crippen LogP contribution in [0.4, 0.5) is 4.79 Å². The Morgan fingerprint density at radius 2 is 2.05 bits per heavy atom. The molecule has 0 aromatic heterocycles. The fraction of sp³-hybridized carbons (Fsp3) is 0.429. The van der Waals surface area contributed by atoms with Crippen LogP contribution >= 0.6 is 0 Å². The summed E-state index contributed by atoms with van der Waals surface area (Å²) in [5, 5.41) is 14.1. The summed E-state index contributed by atoms with van der Waals surface area (Å²) in [6.45, 7) is 5.38. The number of rotatable bonds is 5. The maximum absolute atomic E-state index is 11.7. The van der Waals surface area contributed by atoms with E-state index in [0.717, 1.165) is 0 Å². The molecule has 6 heteroatoms. The fourth-order valence-corrected chi connectivity index (χ4v) is 1.52. The SMILES string of the molecule is CCNC(=O)NC(=O)C(C)Oc1cccc([C@@H](C)O)c1. The lowest BCUT2D eigenvalue weighted by molar-refractivity contribution is -0.126. The van der Waals surface area contributed by atoms with Crippen LogP contribution in [0, 0.1) is 0 Å². The fourth-order valence-electron chi connectivity index (χ4n) is 1.52. The van der Waals surface area contributed by atoms with Crippen molar-refractivity contribution in [3.05, 3.63) is 29.8 Å². The number of carbonyl (C=O) groups is 2. The molecule has 0 spiro atoms. The van der Waals surface area contributed by atoms with E-state index in [4.69, 9.17) is 4.74 Å².